The Bertz CT molecular complexity index is 1020. The predicted octanol–water partition coefficient (Wildman–Crippen LogP) is 4.03. The van der Waals surface area contributed by atoms with Crippen molar-refractivity contribution in [2.75, 3.05) is 11.9 Å². The molecule has 0 spiro atoms. The van der Waals surface area contributed by atoms with Crippen LogP contribution in [0.2, 0.25) is 5.02 Å². The summed E-state index contributed by atoms with van der Waals surface area (Å²) in [5.74, 6) is -0.462. The van der Waals surface area contributed by atoms with Gasteiger partial charge in [0.15, 0.2) is 0 Å². The third kappa shape index (κ3) is 4.94. The van der Waals surface area contributed by atoms with Crippen LogP contribution in [0.25, 0.3) is 0 Å². The largest absolute Gasteiger partial charge is 0.352 e. The maximum absolute atomic E-state index is 12.3. The highest BCUT2D eigenvalue weighted by Crippen LogP contribution is 2.18. The molecule has 8 heteroatoms. The van der Waals surface area contributed by atoms with E-state index in [1.165, 1.54) is 11.3 Å². The number of aromatic nitrogens is 2. The summed E-state index contributed by atoms with van der Waals surface area (Å²) in [5, 5.41) is 15.2. The van der Waals surface area contributed by atoms with Gasteiger partial charge in [-0.15, -0.1) is 10.2 Å². The minimum absolute atomic E-state index is 0.224. The van der Waals surface area contributed by atoms with Crippen molar-refractivity contribution >= 4 is 39.9 Å². The van der Waals surface area contributed by atoms with Crippen molar-refractivity contribution in [3.05, 3.63) is 74.7 Å². The van der Waals surface area contributed by atoms with Gasteiger partial charge in [0.05, 0.1) is 10.6 Å². The van der Waals surface area contributed by atoms with E-state index in [0.717, 1.165) is 16.1 Å². The van der Waals surface area contributed by atoms with E-state index in [1.807, 2.05) is 26.0 Å². The van der Waals surface area contributed by atoms with Crippen LogP contribution in [0.5, 0.6) is 0 Å². The zero-order valence-corrected chi connectivity index (χ0v) is 17.0. The lowest BCUT2D eigenvalue weighted by atomic mass is 10.1. The van der Waals surface area contributed by atoms with Crippen LogP contribution in [-0.4, -0.2) is 28.6 Å². The van der Waals surface area contributed by atoms with Gasteiger partial charge in [0.1, 0.15) is 5.01 Å². The van der Waals surface area contributed by atoms with Crippen LogP contribution in [-0.2, 0) is 6.42 Å². The van der Waals surface area contributed by atoms with E-state index in [0.29, 0.717) is 34.2 Å². The van der Waals surface area contributed by atoms with E-state index < -0.39 is 0 Å². The van der Waals surface area contributed by atoms with Crippen LogP contribution in [0.3, 0.4) is 0 Å². The SMILES string of the molecule is Cc1ccc(C(=O)Nc2nnc(CCNC(=O)c3ccccc3Cl)s2)cc1C. The molecule has 0 aliphatic carbocycles. The number of nitrogens with one attached hydrogen (secondary N) is 2. The normalized spacial score (nSPS) is 10.5. The Morgan fingerprint density at radius 3 is 2.57 bits per heavy atom. The average molecular weight is 415 g/mol. The van der Waals surface area contributed by atoms with E-state index in [-0.39, 0.29) is 11.8 Å². The van der Waals surface area contributed by atoms with Gasteiger partial charge in [-0.3, -0.25) is 14.9 Å². The van der Waals surface area contributed by atoms with Gasteiger partial charge in [-0.05, 0) is 49.2 Å². The van der Waals surface area contributed by atoms with Gasteiger partial charge in [-0.2, -0.15) is 0 Å². The first kappa shape index (κ1) is 20.0. The molecular formula is C20H19ClN4O2S. The quantitative estimate of drug-likeness (QED) is 0.637. The molecule has 0 unspecified atom stereocenters. The molecule has 6 nitrogen and oxygen atoms in total. The number of halogens is 1. The number of carbonyl (C=O) groups excluding carboxylic acids is 2. The van der Waals surface area contributed by atoms with Crippen molar-refractivity contribution < 1.29 is 9.59 Å². The first-order valence-electron chi connectivity index (χ1n) is 8.68. The number of benzene rings is 2. The van der Waals surface area contributed by atoms with Crippen molar-refractivity contribution in [2.24, 2.45) is 0 Å². The minimum atomic E-state index is -0.238. The number of amides is 2. The summed E-state index contributed by atoms with van der Waals surface area (Å²) in [4.78, 5) is 24.5. The van der Waals surface area contributed by atoms with Crippen molar-refractivity contribution in [2.45, 2.75) is 20.3 Å². The van der Waals surface area contributed by atoms with Gasteiger partial charge < -0.3 is 5.32 Å². The summed E-state index contributed by atoms with van der Waals surface area (Å²) in [5.41, 5.74) is 3.20. The Labute approximate surface area is 172 Å². The topological polar surface area (TPSA) is 84.0 Å². The molecule has 1 aromatic heterocycles. The van der Waals surface area contributed by atoms with Gasteiger partial charge in [-0.1, -0.05) is 41.1 Å². The maximum atomic E-state index is 12.3. The number of hydrogen-bond acceptors (Lipinski definition) is 5. The van der Waals surface area contributed by atoms with Crippen LogP contribution in [0.4, 0.5) is 5.13 Å². The Hall–Kier alpha value is -2.77. The molecule has 28 heavy (non-hydrogen) atoms. The molecule has 0 radical (unpaired) electrons. The zero-order chi connectivity index (χ0) is 20.1. The Morgan fingerprint density at radius 2 is 1.82 bits per heavy atom. The lowest BCUT2D eigenvalue weighted by Gasteiger charge is -2.05. The van der Waals surface area contributed by atoms with Crippen LogP contribution < -0.4 is 10.6 Å². The summed E-state index contributed by atoms with van der Waals surface area (Å²) in [6.07, 6.45) is 0.507. The molecule has 0 saturated heterocycles. The number of nitrogens with zero attached hydrogens (tertiary/aromatic N) is 2. The molecule has 0 aliphatic heterocycles. The second-order valence-electron chi connectivity index (χ2n) is 6.24. The van der Waals surface area contributed by atoms with Crippen molar-refractivity contribution in [3.63, 3.8) is 0 Å². The molecule has 144 valence electrons. The monoisotopic (exact) mass is 414 g/mol. The molecule has 0 saturated carbocycles. The molecule has 2 N–H and O–H groups in total. The van der Waals surface area contributed by atoms with E-state index in [1.54, 1.807) is 30.3 Å². The standard InChI is InChI=1S/C20H19ClN4O2S/c1-12-7-8-14(11-13(12)2)18(26)23-20-25-24-17(28-20)9-10-22-19(27)15-5-3-4-6-16(15)21/h3-8,11H,9-10H2,1-2H3,(H,22,27)(H,23,25,26). The number of aryl methyl sites for hydroxylation is 2. The van der Waals surface area contributed by atoms with Gasteiger partial charge in [0, 0.05) is 18.5 Å². The second kappa shape index (κ2) is 8.95. The summed E-state index contributed by atoms with van der Waals surface area (Å²) in [6, 6.07) is 12.4. The van der Waals surface area contributed by atoms with Crippen LogP contribution in [0, 0.1) is 13.8 Å². The zero-order valence-electron chi connectivity index (χ0n) is 15.5. The molecular weight excluding hydrogens is 396 g/mol. The van der Waals surface area contributed by atoms with Gasteiger partial charge >= 0.3 is 0 Å². The number of rotatable bonds is 6. The smallest absolute Gasteiger partial charge is 0.257 e. The van der Waals surface area contributed by atoms with E-state index in [4.69, 9.17) is 11.6 Å². The third-order valence-corrected chi connectivity index (χ3v) is 5.43. The molecule has 2 amide bonds. The van der Waals surface area contributed by atoms with Gasteiger partial charge in [-0.25, -0.2) is 0 Å². The molecule has 1 heterocycles. The average Bonchev–Trinajstić information content (AvgIpc) is 3.11. The second-order valence-corrected chi connectivity index (χ2v) is 7.71. The molecule has 0 bridgehead atoms. The lowest BCUT2D eigenvalue weighted by Crippen LogP contribution is -2.25. The van der Waals surface area contributed by atoms with Gasteiger partial charge in [0.25, 0.3) is 11.8 Å². The molecule has 0 atom stereocenters. The summed E-state index contributed by atoms with van der Waals surface area (Å²) in [6.45, 7) is 4.36. The number of hydrogen-bond donors (Lipinski definition) is 2. The van der Waals surface area contributed by atoms with E-state index in [9.17, 15) is 9.59 Å². The first-order chi connectivity index (χ1) is 13.4. The minimum Gasteiger partial charge on any atom is -0.352 e. The first-order valence-corrected chi connectivity index (χ1v) is 9.87. The van der Waals surface area contributed by atoms with Crippen LogP contribution >= 0.6 is 22.9 Å². The Morgan fingerprint density at radius 1 is 1.04 bits per heavy atom. The summed E-state index contributed by atoms with van der Waals surface area (Å²) < 4.78 is 0. The van der Waals surface area contributed by atoms with E-state index >= 15 is 0 Å². The maximum Gasteiger partial charge on any atom is 0.257 e. The molecule has 2 aromatic carbocycles. The van der Waals surface area contributed by atoms with Crippen molar-refractivity contribution in [1.82, 2.24) is 15.5 Å². The molecule has 0 fully saturated rings. The molecule has 3 rings (SSSR count). The number of anilines is 1. The fraction of sp³-hybridized carbons (Fsp3) is 0.200. The Balaban J connectivity index is 1.53. The van der Waals surface area contributed by atoms with Crippen LogP contribution in [0.1, 0.15) is 36.9 Å². The fourth-order valence-corrected chi connectivity index (χ4v) is 3.44. The third-order valence-electron chi connectivity index (χ3n) is 4.20. The predicted molar refractivity (Wildman–Crippen MR) is 111 cm³/mol. The summed E-state index contributed by atoms with van der Waals surface area (Å²) >= 11 is 7.30. The Kier molecular flexibility index (Phi) is 6.38. The molecule has 3 aromatic rings. The fourth-order valence-electron chi connectivity index (χ4n) is 2.48. The summed E-state index contributed by atoms with van der Waals surface area (Å²) in [7, 11) is 0. The highest BCUT2D eigenvalue weighted by atomic mass is 35.5. The number of carbonyl (C=O) groups is 2. The highest BCUT2D eigenvalue weighted by molar-refractivity contribution is 7.15. The highest BCUT2D eigenvalue weighted by Gasteiger charge is 2.12. The van der Waals surface area contributed by atoms with E-state index in [2.05, 4.69) is 20.8 Å². The lowest BCUT2D eigenvalue weighted by molar-refractivity contribution is 0.0953. The van der Waals surface area contributed by atoms with Gasteiger partial charge in [0.2, 0.25) is 5.13 Å². The van der Waals surface area contributed by atoms with Crippen LogP contribution in [0.15, 0.2) is 42.5 Å². The van der Waals surface area contributed by atoms with Crippen molar-refractivity contribution in [3.8, 4) is 0 Å². The van der Waals surface area contributed by atoms with Crippen molar-refractivity contribution in [1.29, 1.82) is 0 Å². The molecule has 0 aliphatic rings.